The summed E-state index contributed by atoms with van der Waals surface area (Å²) in [7, 11) is 0. The minimum Gasteiger partial charge on any atom is -0.375 e. The first kappa shape index (κ1) is 27.0. The molecule has 4 aromatic rings. The molecule has 0 radical (unpaired) electrons. The number of halogens is 3. The van der Waals surface area contributed by atoms with Gasteiger partial charge in [0.25, 0.3) is 5.69 Å². The predicted molar refractivity (Wildman–Crippen MR) is 142 cm³/mol. The maximum Gasteiger partial charge on any atom is 0.422 e. The Labute approximate surface area is 226 Å². The number of ketones is 1. The Morgan fingerprint density at radius 1 is 1.10 bits per heavy atom. The van der Waals surface area contributed by atoms with E-state index in [1.807, 2.05) is 11.4 Å². The summed E-state index contributed by atoms with van der Waals surface area (Å²) in [4.78, 5) is 25.1. The normalized spacial score (nSPS) is 16.8. The molecule has 39 heavy (non-hydrogen) atoms. The Kier molecular flexibility index (Phi) is 7.32. The largest absolute Gasteiger partial charge is 0.422 e. The van der Waals surface area contributed by atoms with Gasteiger partial charge >= 0.3 is 6.18 Å². The highest BCUT2D eigenvalue weighted by Gasteiger charge is 2.57. The molecule has 5 rings (SSSR count). The SMILES string of the molecule is O=C(c1ccsc1)C1CCN(CC(O)(c2cn(Cc3ccccc3)c3cc([N+](=O)[O-])ccc23)C(F)(F)F)CC1. The highest BCUT2D eigenvalue weighted by molar-refractivity contribution is 7.08. The van der Waals surface area contributed by atoms with Crippen molar-refractivity contribution in [1.82, 2.24) is 9.47 Å². The average Bonchev–Trinajstić information content (AvgIpc) is 3.57. The van der Waals surface area contributed by atoms with Crippen molar-refractivity contribution >= 4 is 33.7 Å². The Bertz CT molecular complexity index is 1480. The van der Waals surface area contributed by atoms with Crippen LogP contribution in [0.4, 0.5) is 18.9 Å². The van der Waals surface area contributed by atoms with Gasteiger partial charge in [0.2, 0.25) is 5.60 Å². The van der Waals surface area contributed by atoms with Crippen LogP contribution in [0.25, 0.3) is 10.9 Å². The van der Waals surface area contributed by atoms with E-state index in [4.69, 9.17) is 0 Å². The summed E-state index contributed by atoms with van der Waals surface area (Å²) in [6.45, 7) is -0.0834. The Hall–Kier alpha value is -3.54. The van der Waals surface area contributed by atoms with Crippen LogP contribution < -0.4 is 0 Å². The van der Waals surface area contributed by atoms with Crippen LogP contribution in [-0.2, 0) is 12.1 Å². The van der Waals surface area contributed by atoms with Crippen molar-refractivity contribution in [3.8, 4) is 0 Å². The molecule has 1 atom stereocenters. The molecule has 0 spiro atoms. The molecule has 11 heteroatoms. The van der Waals surface area contributed by atoms with Gasteiger partial charge < -0.3 is 9.67 Å². The summed E-state index contributed by atoms with van der Waals surface area (Å²) >= 11 is 1.42. The van der Waals surface area contributed by atoms with Crippen LogP contribution in [0.2, 0.25) is 0 Å². The third-order valence-electron chi connectivity index (χ3n) is 7.40. The molecule has 0 bridgehead atoms. The van der Waals surface area contributed by atoms with Crippen LogP contribution in [0, 0.1) is 16.0 Å². The van der Waals surface area contributed by atoms with Crippen molar-refractivity contribution in [3.05, 3.63) is 98.4 Å². The summed E-state index contributed by atoms with van der Waals surface area (Å²) < 4.78 is 45.5. The number of rotatable bonds is 8. The minimum absolute atomic E-state index is 0.00689. The number of carbonyl (C=O) groups excluding carboxylic acids is 1. The first-order valence-corrected chi connectivity index (χ1v) is 13.4. The maximum absolute atomic E-state index is 14.7. The summed E-state index contributed by atoms with van der Waals surface area (Å²) in [5, 5.41) is 26.5. The number of alkyl halides is 3. The second kappa shape index (κ2) is 10.6. The number of β-amino-alcohol motifs (C(OH)–C–C–N with tert-alkyl or cyclic N) is 1. The molecule has 0 aliphatic carbocycles. The van der Waals surface area contributed by atoms with Crippen molar-refractivity contribution in [2.24, 2.45) is 5.92 Å². The zero-order chi connectivity index (χ0) is 27.8. The molecule has 0 saturated carbocycles. The number of likely N-dealkylation sites (tertiary alicyclic amines) is 1. The monoisotopic (exact) mass is 557 g/mol. The molecule has 1 N–H and O–H groups in total. The zero-order valence-corrected chi connectivity index (χ0v) is 21.6. The lowest BCUT2D eigenvalue weighted by molar-refractivity contribution is -0.384. The van der Waals surface area contributed by atoms with E-state index in [0.717, 1.165) is 11.6 Å². The van der Waals surface area contributed by atoms with Gasteiger partial charge in [0.05, 0.1) is 10.4 Å². The molecule has 3 heterocycles. The molecule has 0 amide bonds. The smallest absolute Gasteiger partial charge is 0.375 e. The number of benzene rings is 2. The molecule has 1 fully saturated rings. The number of aromatic nitrogens is 1. The van der Waals surface area contributed by atoms with Gasteiger partial charge in [-0.15, -0.1) is 0 Å². The molecule has 204 valence electrons. The number of thiophene rings is 1. The van der Waals surface area contributed by atoms with E-state index in [0.29, 0.717) is 18.4 Å². The van der Waals surface area contributed by atoms with E-state index in [2.05, 4.69) is 0 Å². The molecule has 7 nitrogen and oxygen atoms in total. The van der Waals surface area contributed by atoms with Crippen LogP contribution in [0.1, 0.15) is 34.3 Å². The molecular formula is C28H26F3N3O4S. The molecule has 1 saturated heterocycles. The topological polar surface area (TPSA) is 88.6 Å². The zero-order valence-electron chi connectivity index (χ0n) is 20.8. The summed E-state index contributed by atoms with van der Waals surface area (Å²) in [5.41, 5.74) is -2.20. The number of nitro groups is 1. The van der Waals surface area contributed by atoms with Gasteiger partial charge in [-0.1, -0.05) is 30.3 Å². The van der Waals surface area contributed by atoms with Crippen molar-refractivity contribution in [3.63, 3.8) is 0 Å². The predicted octanol–water partition coefficient (Wildman–Crippen LogP) is 6.00. The van der Waals surface area contributed by atoms with Crippen molar-refractivity contribution in [1.29, 1.82) is 0 Å². The second-order valence-electron chi connectivity index (χ2n) is 9.90. The molecule has 2 aromatic carbocycles. The Morgan fingerprint density at radius 2 is 1.82 bits per heavy atom. The number of hydrogen-bond donors (Lipinski definition) is 1. The summed E-state index contributed by atoms with van der Waals surface area (Å²) in [5.74, 6) is -0.282. The second-order valence-corrected chi connectivity index (χ2v) is 10.7. The Morgan fingerprint density at radius 3 is 2.44 bits per heavy atom. The van der Waals surface area contributed by atoms with Crippen LogP contribution in [0.3, 0.4) is 0 Å². The minimum atomic E-state index is -5.02. The molecule has 2 aromatic heterocycles. The van der Waals surface area contributed by atoms with Gasteiger partial charge in [-0.25, -0.2) is 0 Å². The molecular weight excluding hydrogens is 531 g/mol. The van der Waals surface area contributed by atoms with Crippen molar-refractivity contribution in [2.45, 2.75) is 31.2 Å². The first-order chi connectivity index (χ1) is 18.6. The van der Waals surface area contributed by atoms with Gasteiger partial charge in [-0.05, 0) is 49.0 Å². The van der Waals surface area contributed by atoms with E-state index < -0.39 is 23.2 Å². The highest BCUT2D eigenvalue weighted by atomic mass is 32.1. The number of piperidine rings is 1. The number of hydrogen-bond acceptors (Lipinski definition) is 6. The third-order valence-corrected chi connectivity index (χ3v) is 8.09. The number of nitrogens with zero attached hydrogens (tertiary/aromatic N) is 3. The number of non-ortho nitro benzene ring substituents is 1. The van der Waals surface area contributed by atoms with Gasteiger partial charge in [0, 0.05) is 59.2 Å². The van der Waals surface area contributed by atoms with Gasteiger partial charge in [0.1, 0.15) is 0 Å². The third kappa shape index (κ3) is 5.34. The quantitative estimate of drug-likeness (QED) is 0.163. The Balaban J connectivity index is 1.47. The number of nitro benzene ring substituents is 1. The standard InChI is InChI=1S/C28H26F3N3O4S/c29-28(30,31)27(36,18-32-11-8-20(9-12-32)26(35)21-10-13-39-17-21)24-16-33(15-19-4-2-1-3-5-19)25-14-22(34(37)38)6-7-23(24)25/h1-7,10,13-14,16-17,20,36H,8-9,11-12,15,18H2. The highest BCUT2D eigenvalue weighted by Crippen LogP contribution is 2.44. The van der Waals surface area contributed by atoms with Crippen molar-refractivity contribution in [2.75, 3.05) is 19.6 Å². The van der Waals surface area contributed by atoms with Crippen LogP contribution in [0.5, 0.6) is 0 Å². The van der Waals surface area contributed by atoms with E-state index in [1.165, 1.54) is 39.1 Å². The summed E-state index contributed by atoms with van der Waals surface area (Å²) in [6, 6.07) is 14.4. The van der Waals surface area contributed by atoms with Crippen LogP contribution in [-0.4, -0.2) is 51.1 Å². The van der Waals surface area contributed by atoms with Crippen LogP contribution >= 0.6 is 11.3 Å². The molecule has 1 aliphatic heterocycles. The fourth-order valence-electron chi connectivity index (χ4n) is 5.28. The lowest BCUT2D eigenvalue weighted by Crippen LogP contribution is -2.52. The maximum atomic E-state index is 14.7. The first-order valence-electron chi connectivity index (χ1n) is 12.5. The van der Waals surface area contributed by atoms with Crippen molar-refractivity contribution < 1.29 is 28.0 Å². The molecule has 1 unspecified atom stereocenters. The number of Topliss-reactive ketones (excluding diaryl/α,β-unsaturated/α-hetero) is 1. The van der Waals surface area contributed by atoms with E-state index in [-0.39, 0.29) is 53.5 Å². The molecule has 1 aliphatic rings. The lowest BCUT2D eigenvalue weighted by Gasteiger charge is -2.38. The number of carbonyl (C=O) groups is 1. The van der Waals surface area contributed by atoms with Gasteiger partial charge in [0.15, 0.2) is 5.78 Å². The van der Waals surface area contributed by atoms with E-state index >= 15 is 0 Å². The van der Waals surface area contributed by atoms with E-state index in [9.17, 15) is 33.2 Å². The van der Waals surface area contributed by atoms with Gasteiger partial charge in [-0.3, -0.25) is 19.8 Å². The number of fused-ring (bicyclic) bond motifs is 1. The van der Waals surface area contributed by atoms with Crippen LogP contribution in [0.15, 0.2) is 71.6 Å². The van der Waals surface area contributed by atoms with Gasteiger partial charge in [-0.2, -0.15) is 24.5 Å². The fraction of sp³-hybridized carbons (Fsp3) is 0.321. The van der Waals surface area contributed by atoms with E-state index in [1.54, 1.807) is 35.7 Å². The lowest BCUT2D eigenvalue weighted by atomic mass is 9.87. The number of aliphatic hydroxyl groups is 1. The fourth-order valence-corrected chi connectivity index (χ4v) is 5.92. The average molecular weight is 558 g/mol. The summed E-state index contributed by atoms with van der Waals surface area (Å²) in [6.07, 6.45) is -2.99.